The average Bonchev–Trinajstić information content (AvgIpc) is 2.66. The van der Waals surface area contributed by atoms with Crippen molar-refractivity contribution in [2.45, 2.75) is 0 Å². The first-order chi connectivity index (χ1) is 12.6. The number of carbonyl (C=O) groups is 2. The van der Waals surface area contributed by atoms with Gasteiger partial charge in [0.05, 0.1) is 38.5 Å². The predicted octanol–water partition coefficient (Wildman–Crippen LogP) is 0.629. The molecule has 2 aromatic carbocycles. The van der Waals surface area contributed by atoms with E-state index in [2.05, 4.69) is 15.8 Å². The number of rotatable bonds is 8. The van der Waals surface area contributed by atoms with Crippen molar-refractivity contribution in [2.75, 3.05) is 26.1 Å². The molecule has 26 heavy (non-hydrogen) atoms. The van der Waals surface area contributed by atoms with Crippen LogP contribution in [0.1, 0.15) is 15.9 Å². The van der Waals surface area contributed by atoms with Gasteiger partial charge in [0.15, 0.2) is 11.5 Å². The second-order valence-corrected chi connectivity index (χ2v) is 5.07. The van der Waals surface area contributed by atoms with Gasteiger partial charge >= 0.3 is 0 Å². The summed E-state index contributed by atoms with van der Waals surface area (Å²) >= 11 is 0. The van der Waals surface area contributed by atoms with Crippen LogP contribution in [0.4, 0.5) is 5.69 Å². The van der Waals surface area contributed by atoms with Gasteiger partial charge in [0, 0.05) is 11.3 Å². The van der Waals surface area contributed by atoms with Crippen LogP contribution in [-0.4, -0.2) is 38.9 Å². The van der Waals surface area contributed by atoms with Crippen LogP contribution in [0, 0.1) is 0 Å². The maximum absolute atomic E-state index is 11.8. The molecule has 2 aromatic rings. The van der Waals surface area contributed by atoms with Crippen LogP contribution in [0.2, 0.25) is 0 Å². The molecule has 0 atom stereocenters. The molecule has 0 unspecified atom stereocenters. The molecule has 0 spiro atoms. The standard InChI is InChI=1S/C18H19N3O5/c1-25-14-9-8-12(16(18(23)24)17(14)26-2)10-20-21-15(22)11-19-13-6-4-3-5-7-13/h3-10,19H,11H2,1-2H3,(H,21,22)(H,23,24)/p-1/b20-10-. The number of anilines is 1. The molecule has 2 rings (SSSR count). The molecule has 0 aliphatic rings. The van der Waals surface area contributed by atoms with Gasteiger partial charge in [-0.05, 0) is 24.3 Å². The molecule has 0 aliphatic heterocycles. The molecular formula is C18H18N3O5-. The molecule has 0 radical (unpaired) electrons. The highest BCUT2D eigenvalue weighted by molar-refractivity contribution is 6.01. The van der Waals surface area contributed by atoms with E-state index < -0.39 is 5.97 Å². The first-order valence-electron chi connectivity index (χ1n) is 7.64. The van der Waals surface area contributed by atoms with Gasteiger partial charge in [0.2, 0.25) is 0 Å². The van der Waals surface area contributed by atoms with Crippen molar-refractivity contribution in [1.82, 2.24) is 5.43 Å². The number of carbonyl (C=O) groups excluding carboxylic acids is 2. The SMILES string of the molecule is COc1ccc(/C=N\NC(=O)CNc2ccccc2)c(C(=O)[O-])c1OC. The molecule has 8 heteroatoms. The number of amides is 1. The fourth-order valence-electron chi connectivity index (χ4n) is 2.21. The Morgan fingerprint density at radius 1 is 1.12 bits per heavy atom. The molecule has 0 bridgehead atoms. The first kappa shape index (κ1) is 18.8. The minimum Gasteiger partial charge on any atom is -0.545 e. The zero-order valence-electron chi connectivity index (χ0n) is 14.3. The number of hydrazone groups is 1. The minimum atomic E-state index is -1.45. The Morgan fingerprint density at radius 3 is 2.46 bits per heavy atom. The summed E-state index contributed by atoms with van der Waals surface area (Å²) < 4.78 is 10.1. The lowest BCUT2D eigenvalue weighted by Gasteiger charge is -2.15. The Hall–Kier alpha value is -3.55. The van der Waals surface area contributed by atoms with Crippen molar-refractivity contribution < 1.29 is 24.2 Å². The Bertz CT molecular complexity index is 806. The van der Waals surface area contributed by atoms with E-state index in [1.54, 1.807) is 0 Å². The summed E-state index contributed by atoms with van der Waals surface area (Å²) in [6.07, 6.45) is 1.20. The number of methoxy groups -OCH3 is 2. The summed E-state index contributed by atoms with van der Waals surface area (Å²) in [7, 11) is 2.72. The molecule has 0 aromatic heterocycles. The van der Waals surface area contributed by atoms with Gasteiger partial charge in [0.25, 0.3) is 5.91 Å². The number of hydrogen-bond donors (Lipinski definition) is 2. The highest BCUT2D eigenvalue weighted by Crippen LogP contribution is 2.32. The van der Waals surface area contributed by atoms with Gasteiger partial charge in [0.1, 0.15) is 0 Å². The van der Waals surface area contributed by atoms with E-state index in [4.69, 9.17) is 9.47 Å². The summed E-state index contributed by atoms with van der Waals surface area (Å²) in [5.41, 5.74) is 3.11. The van der Waals surface area contributed by atoms with E-state index in [9.17, 15) is 14.7 Å². The zero-order chi connectivity index (χ0) is 18.9. The number of hydrogen-bond acceptors (Lipinski definition) is 7. The predicted molar refractivity (Wildman–Crippen MR) is 94.5 cm³/mol. The molecule has 0 aliphatic carbocycles. The van der Waals surface area contributed by atoms with Gasteiger partial charge in [-0.2, -0.15) is 5.10 Å². The van der Waals surface area contributed by atoms with Crippen LogP contribution < -0.4 is 25.3 Å². The molecular weight excluding hydrogens is 338 g/mol. The quantitative estimate of drug-likeness (QED) is 0.530. The van der Waals surface area contributed by atoms with Crippen LogP contribution in [0.3, 0.4) is 0 Å². The molecule has 2 N–H and O–H groups in total. The lowest BCUT2D eigenvalue weighted by atomic mass is 10.1. The van der Waals surface area contributed by atoms with Crippen molar-refractivity contribution in [2.24, 2.45) is 5.10 Å². The molecule has 136 valence electrons. The largest absolute Gasteiger partial charge is 0.545 e. The lowest BCUT2D eigenvalue weighted by molar-refractivity contribution is -0.255. The molecule has 0 heterocycles. The number of nitrogens with zero attached hydrogens (tertiary/aromatic N) is 1. The van der Waals surface area contributed by atoms with Gasteiger partial charge in [-0.15, -0.1) is 0 Å². The number of carboxylic acids is 1. The fraction of sp³-hybridized carbons (Fsp3) is 0.167. The van der Waals surface area contributed by atoms with Crippen LogP contribution in [0.25, 0.3) is 0 Å². The van der Waals surface area contributed by atoms with Gasteiger partial charge in [-0.3, -0.25) is 4.79 Å². The smallest absolute Gasteiger partial charge is 0.259 e. The van der Waals surface area contributed by atoms with Crippen LogP contribution in [-0.2, 0) is 4.79 Å². The highest BCUT2D eigenvalue weighted by Gasteiger charge is 2.15. The number of nitrogens with one attached hydrogen (secondary N) is 2. The van der Waals surface area contributed by atoms with Crippen molar-refractivity contribution in [3.05, 3.63) is 53.6 Å². The van der Waals surface area contributed by atoms with Crippen LogP contribution in [0.15, 0.2) is 47.6 Å². The Morgan fingerprint density at radius 2 is 1.85 bits per heavy atom. The van der Waals surface area contributed by atoms with E-state index in [1.165, 1.54) is 32.6 Å². The molecule has 0 saturated carbocycles. The lowest BCUT2D eigenvalue weighted by Crippen LogP contribution is -2.27. The fourth-order valence-corrected chi connectivity index (χ4v) is 2.21. The number of benzene rings is 2. The van der Waals surface area contributed by atoms with E-state index in [0.717, 1.165) is 5.69 Å². The Balaban J connectivity index is 2.05. The van der Waals surface area contributed by atoms with E-state index >= 15 is 0 Å². The summed E-state index contributed by atoms with van der Waals surface area (Å²) in [5, 5.41) is 18.1. The molecule has 0 saturated heterocycles. The Kier molecular flexibility index (Phi) is 6.55. The van der Waals surface area contributed by atoms with E-state index in [1.807, 2.05) is 30.3 Å². The highest BCUT2D eigenvalue weighted by atomic mass is 16.5. The van der Waals surface area contributed by atoms with E-state index in [0.29, 0.717) is 0 Å². The topological polar surface area (TPSA) is 112 Å². The summed E-state index contributed by atoms with van der Waals surface area (Å²) in [6, 6.07) is 12.2. The Labute approximate surface area is 150 Å². The van der Waals surface area contributed by atoms with Crippen LogP contribution >= 0.6 is 0 Å². The van der Waals surface area contributed by atoms with Crippen molar-refractivity contribution in [3.8, 4) is 11.5 Å². The second-order valence-electron chi connectivity index (χ2n) is 5.07. The van der Waals surface area contributed by atoms with Gasteiger partial charge in [-0.1, -0.05) is 18.2 Å². The molecule has 8 nitrogen and oxygen atoms in total. The average molecular weight is 356 g/mol. The second kappa shape index (κ2) is 9.07. The molecule has 0 fully saturated rings. The number of carboxylic acid groups (broad SMARTS) is 1. The summed E-state index contributed by atoms with van der Waals surface area (Å²) in [5.74, 6) is -1.56. The number of ether oxygens (including phenoxy) is 2. The minimum absolute atomic E-state index is 0.0145. The third-order valence-electron chi connectivity index (χ3n) is 3.40. The monoisotopic (exact) mass is 356 g/mol. The van der Waals surface area contributed by atoms with E-state index in [-0.39, 0.29) is 35.1 Å². The van der Waals surface area contributed by atoms with Crippen molar-refractivity contribution in [3.63, 3.8) is 0 Å². The summed E-state index contributed by atoms with van der Waals surface area (Å²) in [6.45, 7) is 0.0145. The third kappa shape index (κ3) is 4.73. The maximum Gasteiger partial charge on any atom is 0.259 e. The molecule has 1 amide bonds. The third-order valence-corrected chi connectivity index (χ3v) is 3.40. The number of aromatic carboxylic acids is 1. The zero-order valence-corrected chi connectivity index (χ0v) is 14.3. The normalized spacial score (nSPS) is 10.4. The van der Waals surface area contributed by atoms with Gasteiger partial charge < -0.3 is 24.7 Å². The summed E-state index contributed by atoms with van der Waals surface area (Å²) in [4.78, 5) is 23.2. The maximum atomic E-state index is 11.8. The first-order valence-corrected chi connectivity index (χ1v) is 7.64. The van der Waals surface area contributed by atoms with Crippen molar-refractivity contribution >= 4 is 23.8 Å². The van der Waals surface area contributed by atoms with Crippen LogP contribution in [0.5, 0.6) is 11.5 Å². The number of para-hydroxylation sites is 1. The van der Waals surface area contributed by atoms with Gasteiger partial charge in [-0.25, -0.2) is 5.43 Å². The van der Waals surface area contributed by atoms with Crippen molar-refractivity contribution in [1.29, 1.82) is 0 Å².